The quantitative estimate of drug-likeness (QED) is 0.151. The van der Waals surface area contributed by atoms with Crippen LogP contribution in [0.25, 0.3) is 0 Å². The summed E-state index contributed by atoms with van der Waals surface area (Å²) in [5, 5.41) is 2.73. The molecule has 0 aromatic heterocycles. The van der Waals surface area contributed by atoms with Crippen LogP contribution < -0.4 is 9.62 Å². The first-order valence-electron chi connectivity index (χ1n) is 16.2. The Morgan fingerprint density at radius 2 is 1.46 bits per heavy atom. The van der Waals surface area contributed by atoms with E-state index in [1.165, 1.54) is 53.4 Å². The third-order valence-electron chi connectivity index (χ3n) is 8.64. The lowest BCUT2D eigenvalue weighted by Crippen LogP contribution is -2.55. The predicted octanol–water partition coefficient (Wildman–Crippen LogP) is 7.78. The summed E-state index contributed by atoms with van der Waals surface area (Å²) < 4.78 is 84.4. The number of halogens is 5. The van der Waals surface area contributed by atoms with Crippen molar-refractivity contribution in [3.8, 4) is 0 Å². The van der Waals surface area contributed by atoms with Gasteiger partial charge in [0.1, 0.15) is 18.4 Å². The molecule has 1 aliphatic rings. The molecule has 1 atom stereocenters. The normalized spacial score (nSPS) is 14.5. The molecule has 1 fully saturated rings. The van der Waals surface area contributed by atoms with Crippen molar-refractivity contribution in [2.45, 2.75) is 68.2 Å². The van der Waals surface area contributed by atoms with Gasteiger partial charge >= 0.3 is 6.18 Å². The van der Waals surface area contributed by atoms with Crippen molar-refractivity contribution < 1.29 is 35.6 Å². The van der Waals surface area contributed by atoms with E-state index in [-0.39, 0.29) is 28.9 Å². The second-order valence-corrected chi connectivity index (χ2v) is 14.5. The van der Waals surface area contributed by atoms with Crippen LogP contribution in [0.4, 0.5) is 23.2 Å². The minimum Gasteiger partial charge on any atom is -0.352 e. The van der Waals surface area contributed by atoms with Crippen LogP contribution in [0.3, 0.4) is 0 Å². The largest absolute Gasteiger partial charge is 0.416 e. The van der Waals surface area contributed by atoms with E-state index in [2.05, 4.69) is 5.32 Å². The molecule has 4 aromatic rings. The number of amides is 2. The smallest absolute Gasteiger partial charge is 0.352 e. The van der Waals surface area contributed by atoms with E-state index < -0.39 is 57.7 Å². The Hall–Kier alpha value is -4.42. The second kappa shape index (κ2) is 16.1. The van der Waals surface area contributed by atoms with Gasteiger partial charge in [-0.3, -0.25) is 13.9 Å². The molecule has 264 valence electrons. The van der Waals surface area contributed by atoms with E-state index >= 15 is 0 Å². The first-order chi connectivity index (χ1) is 23.8. The summed E-state index contributed by atoms with van der Waals surface area (Å²) in [6.07, 6.45) is -0.397. The molecule has 5 rings (SSSR count). The Bertz CT molecular complexity index is 1870. The molecule has 1 saturated carbocycles. The van der Waals surface area contributed by atoms with Crippen LogP contribution in [0.2, 0.25) is 5.02 Å². The van der Waals surface area contributed by atoms with Crippen molar-refractivity contribution >= 4 is 39.1 Å². The summed E-state index contributed by atoms with van der Waals surface area (Å²) in [7, 11) is -4.69. The number of nitrogens with zero attached hydrogens (tertiary/aromatic N) is 2. The highest BCUT2D eigenvalue weighted by atomic mass is 35.5. The van der Waals surface area contributed by atoms with Crippen molar-refractivity contribution in [1.82, 2.24) is 10.2 Å². The highest BCUT2D eigenvalue weighted by Crippen LogP contribution is 2.37. The minimum atomic E-state index is -4.85. The number of nitrogens with one attached hydrogen (secondary N) is 1. The fourth-order valence-electron chi connectivity index (χ4n) is 6.00. The van der Waals surface area contributed by atoms with Gasteiger partial charge in [-0.25, -0.2) is 12.8 Å². The Labute approximate surface area is 293 Å². The SMILES string of the molecule is O=C(NC1CCCCC1)[C@H](Cc1ccccc1)N(Cc1ccc(F)cc1)C(=O)CN(c1cc(C(F)(F)F)ccc1Cl)S(=O)(=O)c1ccccc1. The minimum absolute atomic E-state index is 0.0437. The first-order valence-corrected chi connectivity index (χ1v) is 18.0. The van der Waals surface area contributed by atoms with Crippen molar-refractivity contribution in [3.63, 3.8) is 0 Å². The number of carbonyl (C=O) groups excluding carboxylic acids is 2. The average molecular weight is 730 g/mol. The fourth-order valence-corrected chi connectivity index (χ4v) is 7.71. The Morgan fingerprint density at radius 1 is 0.840 bits per heavy atom. The molecule has 2 amide bonds. The number of sulfonamides is 1. The summed E-state index contributed by atoms with van der Waals surface area (Å²) in [5.41, 5.74) is -0.581. The third-order valence-corrected chi connectivity index (χ3v) is 10.7. The molecule has 13 heteroatoms. The number of anilines is 1. The lowest BCUT2D eigenvalue weighted by Gasteiger charge is -2.35. The zero-order valence-electron chi connectivity index (χ0n) is 27.0. The number of benzene rings is 4. The second-order valence-electron chi connectivity index (χ2n) is 12.2. The maximum Gasteiger partial charge on any atom is 0.416 e. The zero-order valence-corrected chi connectivity index (χ0v) is 28.5. The van der Waals surface area contributed by atoms with Gasteiger partial charge in [0.15, 0.2) is 0 Å². The van der Waals surface area contributed by atoms with Gasteiger partial charge in [-0.1, -0.05) is 91.5 Å². The monoisotopic (exact) mass is 729 g/mol. The van der Waals surface area contributed by atoms with Crippen LogP contribution in [-0.2, 0) is 38.8 Å². The van der Waals surface area contributed by atoms with Crippen LogP contribution in [0.1, 0.15) is 48.8 Å². The Morgan fingerprint density at radius 3 is 2.08 bits per heavy atom. The zero-order chi connectivity index (χ0) is 35.9. The number of rotatable bonds is 12. The van der Waals surface area contributed by atoms with E-state index in [0.29, 0.717) is 27.6 Å². The molecule has 0 radical (unpaired) electrons. The maximum absolute atomic E-state index is 14.6. The van der Waals surface area contributed by atoms with Crippen molar-refractivity contribution in [1.29, 1.82) is 0 Å². The highest BCUT2D eigenvalue weighted by molar-refractivity contribution is 7.92. The van der Waals surface area contributed by atoms with E-state index in [1.54, 1.807) is 36.4 Å². The van der Waals surface area contributed by atoms with Crippen molar-refractivity contribution in [3.05, 3.63) is 131 Å². The highest BCUT2D eigenvalue weighted by Gasteiger charge is 2.38. The van der Waals surface area contributed by atoms with Crippen LogP contribution in [0, 0.1) is 5.82 Å². The Kier molecular flexibility index (Phi) is 11.8. The molecule has 0 aliphatic heterocycles. The van der Waals surface area contributed by atoms with Crippen molar-refractivity contribution in [2.75, 3.05) is 10.8 Å². The molecule has 0 unspecified atom stereocenters. The van der Waals surface area contributed by atoms with Crippen LogP contribution >= 0.6 is 11.6 Å². The van der Waals surface area contributed by atoms with Gasteiger partial charge in [0.25, 0.3) is 10.0 Å². The van der Waals surface area contributed by atoms with E-state index in [0.717, 1.165) is 38.2 Å². The molecule has 4 aromatic carbocycles. The number of carbonyl (C=O) groups is 2. The van der Waals surface area contributed by atoms with Gasteiger partial charge in [0.2, 0.25) is 11.8 Å². The summed E-state index contributed by atoms with van der Waals surface area (Å²) in [6, 6.07) is 22.1. The maximum atomic E-state index is 14.6. The fraction of sp³-hybridized carbons (Fsp3) is 0.297. The van der Waals surface area contributed by atoms with Gasteiger partial charge in [-0.2, -0.15) is 13.2 Å². The van der Waals surface area contributed by atoms with E-state index in [4.69, 9.17) is 11.6 Å². The number of hydrogen-bond donors (Lipinski definition) is 1. The molecule has 50 heavy (non-hydrogen) atoms. The molecule has 0 bridgehead atoms. The van der Waals surface area contributed by atoms with E-state index in [1.807, 2.05) is 0 Å². The summed E-state index contributed by atoms with van der Waals surface area (Å²) in [5.74, 6) is -1.88. The lowest BCUT2D eigenvalue weighted by molar-refractivity contribution is -0.140. The van der Waals surface area contributed by atoms with Crippen LogP contribution in [0.15, 0.2) is 108 Å². The molecule has 0 saturated heterocycles. The average Bonchev–Trinajstić information content (AvgIpc) is 3.10. The van der Waals surface area contributed by atoms with Crippen LogP contribution in [-0.4, -0.2) is 43.8 Å². The Balaban J connectivity index is 1.61. The van der Waals surface area contributed by atoms with Crippen molar-refractivity contribution in [2.24, 2.45) is 0 Å². The molecule has 1 N–H and O–H groups in total. The number of hydrogen-bond acceptors (Lipinski definition) is 4. The van der Waals surface area contributed by atoms with Gasteiger partial charge in [0.05, 0.1) is 21.2 Å². The van der Waals surface area contributed by atoms with Gasteiger partial charge in [-0.15, -0.1) is 0 Å². The lowest BCUT2D eigenvalue weighted by atomic mass is 9.94. The topological polar surface area (TPSA) is 86.8 Å². The number of alkyl halides is 3. The first kappa shape index (κ1) is 36.9. The molecule has 0 heterocycles. The molecule has 0 spiro atoms. The summed E-state index contributed by atoms with van der Waals surface area (Å²) >= 11 is 6.37. The van der Waals surface area contributed by atoms with Gasteiger partial charge in [-0.05, 0) is 66.4 Å². The predicted molar refractivity (Wildman–Crippen MR) is 183 cm³/mol. The molecular formula is C37H36ClF4N3O4S. The standard InChI is InChI=1S/C37H36ClF4N3O4S/c38-32-21-18-28(37(40,41)42)23-33(32)45(50(48,49)31-14-8-3-9-15-31)25-35(46)44(24-27-16-19-29(39)20-17-27)34(22-26-10-4-1-5-11-26)36(47)43-30-12-6-2-7-13-30/h1,3-5,8-11,14-21,23,30,34H,2,6-7,12-13,22,24-25H2,(H,43,47)/t34-/m0/s1. The molecular weight excluding hydrogens is 694 g/mol. The van der Waals surface area contributed by atoms with Crippen LogP contribution in [0.5, 0.6) is 0 Å². The summed E-state index contributed by atoms with van der Waals surface area (Å²) in [6.45, 7) is -1.23. The molecule has 7 nitrogen and oxygen atoms in total. The summed E-state index contributed by atoms with van der Waals surface area (Å²) in [4.78, 5) is 29.7. The third kappa shape index (κ3) is 9.22. The molecule has 1 aliphatic carbocycles. The van der Waals surface area contributed by atoms with Gasteiger partial charge in [0, 0.05) is 19.0 Å². The van der Waals surface area contributed by atoms with Gasteiger partial charge < -0.3 is 10.2 Å². The van der Waals surface area contributed by atoms with E-state index in [9.17, 15) is 35.6 Å².